The zero-order valence-electron chi connectivity index (χ0n) is 9.79. The molecular weight excluding hydrogens is 200 g/mol. The van der Waals surface area contributed by atoms with Crippen molar-refractivity contribution < 1.29 is 4.79 Å². The van der Waals surface area contributed by atoms with E-state index < -0.39 is 0 Å². The Bertz CT molecular complexity index is 410. The summed E-state index contributed by atoms with van der Waals surface area (Å²) in [5.41, 5.74) is 8.28. The molecule has 1 amide bonds. The smallest absolute Gasteiger partial charge is 0.227 e. The van der Waals surface area contributed by atoms with Crippen LogP contribution < -0.4 is 11.1 Å². The summed E-state index contributed by atoms with van der Waals surface area (Å²) in [7, 11) is 0. The van der Waals surface area contributed by atoms with Crippen LogP contribution in [0.2, 0.25) is 0 Å². The molecule has 0 aliphatic heterocycles. The van der Waals surface area contributed by atoms with Gasteiger partial charge in [-0.15, -0.1) is 0 Å². The summed E-state index contributed by atoms with van der Waals surface area (Å²) < 4.78 is 0. The molecule has 1 saturated carbocycles. The number of nitrogens with two attached hydrogens (primary N) is 1. The summed E-state index contributed by atoms with van der Waals surface area (Å²) in [4.78, 5) is 11.9. The number of amides is 1. The van der Waals surface area contributed by atoms with Crippen LogP contribution in [0.15, 0.2) is 18.2 Å². The van der Waals surface area contributed by atoms with Gasteiger partial charge in [-0.2, -0.15) is 0 Å². The zero-order valence-corrected chi connectivity index (χ0v) is 9.79. The second-order valence-corrected chi connectivity index (χ2v) is 4.71. The normalized spacial score (nSPS) is 16.9. The Labute approximate surface area is 96.0 Å². The largest absolute Gasteiger partial charge is 0.397 e. The minimum atomic E-state index is 0.0831. The first-order valence-corrected chi connectivity index (χ1v) is 5.75. The van der Waals surface area contributed by atoms with Gasteiger partial charge in [-0.05, 0) is 43.4 Å². The van der Waals surface area contributed by atoms with Gasteiger partial charge in [0.2, 0.25) is 5.91 Å². The van der Waals surface area contributed by atoms with Crippen LogP contribution in [0.3, 0.4) is 0 Å². The SMILES string of the molecule is Cc1ccc(N)c(NC(=O)C(C)C2CC2)c1. The van der Waals surface area contributed by atoms with Crippen molar-refractivity contribution >= 4 is 17.3 Å². The Morgan fingerprint density at radius 3 is 2.81 bits per heavy atom. The number of nitrogens with one attached hydrogen (secondary N) is 1. The predicted molar refractivity (Wildman–Crippen MR) is 66.1 cm³/mol. The van der Waals surface area contributed by atoms with Gasteiger partial charge in [0.05, 0.1) is 11.4 Å². The topological polar surface area (TPSA) is 55.1 Å². The number of aryl methyl sites for hydroxylation is 1. The lowest BCUT2D eigenvalue weighted by atomic mass is 10.1. The Morgan fingerprint density at radius 1 is 1.50 bits per heavy atom. The maximum absolute atomic E-state index is 11.9. The average molecular weight is 218 g/mol. The van der Waals surface area contributed by atoms with Crippen LogP contribution in [0.25, 0.3) is 0 Å². The van der Waals surface area contributed by atoms with Gasteiger partial charge in [-0.25, -0.2) is 0 Å². The highest BCUT2D eigenvalue weighted by Crippen LogP contribution is 2.37. The summed E-state index contributed by atoms with van der Waals surface area (Å²) in [6.45, 7) is 3.97. The third-order valence-corrected chi connectivity index (χ3v) is 3.21. The fourth-order valence-corrected chi connectivity index (χ4v) is 1.84. The average Bonchev–Trinajstić information content (AvgIpc) is 3.06. The molecule has 3 N–H and O–H groups in total. The lowest BCUT2D eigenvalue weighted by Crippen LogP contribution is -2.22. The van der Waals surface area contributed by atoms with Crippen LogP contribution in [0, 0.1) is 18.8 Å². The van der Waals surface area contributed by atoms with Crippen molar-refractivity contribution in [2.45, 2.75) is 26.7 Å². The maximum Gasteiger partial charge on any atom is 0.227 e. The number of hydrogen-bond donors (Lipinski definition) is 2. The van der Waals surface area contributed by atoms with E-state index in [9.17, 15) is 4.79 Å². The van der Waals surface area contributed by atoms with Crippen LogP contribution in [0.4, 0.5) is 11.4 Å². The third kappa shape index (κ3) is 2.35. The van der Waals surface area contributed by atoms with E-state index in [0.717, 1.165) is 11.3 Å². The summed E-state index contributed by atoms with van der Waals surface area (Å²) in [6.07, 6.45) is 2.36. The highest BCUT2D eigenvalue weighted by atomic mass is 16.1. The van der Waals surface area contributed by atoms with Crippen molar-refractivity contribution in [2.75, 3.05) is 11.1 Å². The van der Waals surface area contributed by atoms with Gasteiger partial charge in [-0.1, -0.05) is 13.0 Å². The number of rotatable bonds is 3. The number of carbonyl (C=O) groups is 1. The Morgan fingerprint density at radius 2 is 2.19 bits per heavy atom. The van der Waals surface area contributed by atoms with Crippen molar-refractivity contribution in [1.82, 2.24) is 0 Å². The summed E-state index contributed by atoms with van der Waals surface area (Å²) >= 11 is 0. The molecule has 0 bridgehead atoms. The van der Waals surface area contributed by atoms with Gasteiger partial charge >= 0.3 is 0 Å². The standard InChI is InChI=1S/C13H18N2O/c1-8-3-6-11(14)12(7-8)15-13(16)9(2)10-4-5-10/h3,6-7,9-10H,4-5,14H2,1-2H3,(H,15,16). The van der Waals surface area contributed by atoms with Crippen molar-refractivity contribution in [3.63, 3.8) is 0 Å². The summed E-state index contributed by atoms with van der Waals surface area (Å²) in [5, 5.41) is 2.91. The lowest BCUT2D eigenvalue weighted by molar-refractivity contribution is -0.119. The molecule has 0 radical (unpaired) electrons. The van der Waals surface area contributed by atoms with Crippen LogP contribution in [-0.2, 0) is 4.79 Å². The zero-order chi connectivity index (χ0) is 11.7. The molecule has 1 fully saturated rings. The number of anilines is 2. The van der Waals surface area contributed by atoms with Crippen molar-refractivity contribution in [2.24, 2.45) is 11.8 Å². The molecule has 1 atom stereocenters. The molecule has 0 aromatic heterocycles. The lowest BCUT2D eigenvalue weighted by Gasteiger charge is -2.13. The van der Waals surface area contributed by atoms with E-state index >= 15 is 0 Å². The van der Waals surface area contributed by atoms with Gasteiger partial charge in [0, 0.05) is 5.92 Å². The molecule has 1 aliphatic carbocycles. The highest BCUT2D eigenvalue weighted by Gasteiger charge is 2.32. The fraction of sp³-hybridized carbons (Fsp3) is 0.462. The highest BCUT2D eigenvalue weighted by molar-refractivity contribution is 5.95. The molecule has 0 saturated heterocycles. The first kappa shape index (κ1) is 11.0. The molecular formula is C13H18N2O. The van der Waals surface area contributed by atoms with E-state index in [4.69, 9.17) is 5.73 Å². The molecule has 1 aromatic carbocycles. The third-order valence-electron chi connectivity index (χ3n) is 3.21. The second-order valence-electron chi connectivity index (χ2n) is 4.71. The maximum atomic E-state index is 11.9. The predicted octanol–water partition coefficient (Wildman–Crippen LogP) is 2.56. The monoisotopic (exact) mass is 218 g/mol. The molecule has 0 spiro atoms. The van der Waals surface area contributed by atoms with Crippen molar-refractivity contribution in [3.05, 3.63) is 23.8 Å². The second kappa shape index (κ2) is 4.16. The number of hydrogen-bond acceptors (Lipinski definition) is 2. The van der Waals surface area contributed by atoms with E-state index in [1.165, 1.54) is 12.8 Å². The van der Waals surface area contributed by atoms with E-state index in [1.807, 2.05) is 32.0 Å². The quantitative estimate of drug-likeness (QED) is 0.766. The van der Waals surface area contributed by atoms with E-state index in [-0.39, 0.29) is 11.8 Å². The van der Waals surface area contributed by atoms with Gasteiger partial charge < -0.3 is 11.1 Å². The van der Waals surface area contributed by atoms with E-state index in [0.29, 0.717) is 11.6 Å². The van der Waals surface area contributed by atoms with Crippen LogP contribution >= 0.6 is 0 Å². The molecule has 86 valence electrons. The molecule has 1 unspecified atom stereocenters. The molecule has 16 heavy (non-hydrogen) atoms. The van der Waals surface area contributed by atoms with Crippen LogP contribution in [0.1, 0.15) is 25.3 Å². The number of nitrogen functional groups attached to an aromatic ring is 1. The molecule has 0 heterocycles. The molecule has 3 nitrogen and oxygen atoms in total. The molecule has 1 aromatic rings. The van der Waals surface area contributed by atoms with Gasteiger partial charge in [-0.3, -0.25) is 4.79 Å². The Balaban J connectivity index is 2.07. The molecule has 1 aliphatic rings. The summed E-state index contributed by atoms with van der Waals surface area (Å²) in [5.74, 6) is 0.755. The Hall–Kier alpha value is -1.51. The first-order valence-electron chi connectivity index (χ1n) is 5.75. The van der Waals surface area contributed by atoms with E-state index in [1.54, 1.807) is 0 Å². The van der Waals surface area contributed by atoms with Crippen molar-refractivity contribution in [1.29, 1.82) is 0 Å². The van der Waals surface area contributed by atoms with Gasteiger partial charge in [0.15, 0.2) is 0 Å². The minimum absolute atomic E-state index is 0.0831. The van der Waals surface area contributed by atoms with Gasteiger partial charge in [0.25, 0.3) is 0 Å². The molecule has 3 heteroatoms. The number of benzene rings is 1. The van der Waals surface area contributed by atoms with Crippen molar-refractivity contribution in [3.8, 4) is 0 Å². The minimum Gasteiger partial charge on any atom is -0.397 e. The van der Waals surface area contributed by atoms with Gasteiger partial charge in [0.1, 0.15) is 0 Å². The van der Waals surface area contributed by atoms with E-state index in [2.05, 4.69) is 5.32 Å². The number of carbonyl (C=O) groups excluding carboxylic acids is 1. The first-order chi connectivity index (χ1) is 7.58. The van der Waals surface area contributed by atoms with Crippen LogP contribution in [0.5, 0.6) is 0 Å². The Kier molecular flexibility index (Phi) is 2.86. The fourth-order valence-electron chi connectivity index (χ4n) is 1.84. The summed E-state index contributed by atoms with van der Waals surface area (Å²) in [6, 6.07) is 5.68. The molecule has 2 rings (SSSR count). The van der Waals surface area contributed by atoms with Crippen LogP contribution in [-0.4, -0.2) is 5.91 Å².